The molecule has 1 heterocycles. The molecule has 0 spiro atoms. The van der Waals surface area contributed by atoms with E-state index in [1.807, 2.05) is 42.5 Å². The standard InChI is InChI=1S/C17H9ClN4S2/c18-12-5-6-16(14(7-12)21-10-11(8-19)9-20)24-17-22-13-3-1-2-4-15(13)23-17/h1-7,10,21H. The van der Waals surface area contributed by atoms with Crippen LogP contribution in [0.15, 0.2) is 63.5 Å². The number of para-hydroxylation sites is 1. The third kappa shape index (κ3) is 3.69. The Balaban J connectivity index is 1.91. The fourth-order valence-corrected chi connectivity index (χ4v) is 4.20. The molecule has 0 radical (unpaired) electrons. The van der Waals surface area contributed by atoms with E-state index in [1.165, 1.54) is 18.0 Å². The number of anilines is 1. The molecule has 116 valence electrons. The fourth-order valence-electron chi connectivity index (χ4n) is 1.93. The van der Waals surface area contributed by atoms with Crippen LogP contribution in [0.5, 0.6) is 0 Å². The van der Waals surface area contributed by atoms with Gasteiger partial charge in [0.2, 0.25) is 0 Å². The number of fused-ring (bicyclic) bond motifs is 1. The summed E-state index contributed by atoms with van der Waals surface area (Å²) >= 11 is 9.17. The van der Waals surface area contributed by atoms with Crippen molar-refractivity contribution in [1.29, 1.82) is 10.5 Å². The molecule has 1 aromatic heterocycles. The van der Waals surface area contributed by atoms with Crippen LogP contribution < -0.4 is 5.32 Å². The predicted octanol–water partition coefficient (Wildman–Crippen LogP) is 5.44. The van der Waals surface area contributed by atoms with Crippen LogP contribution in [0.4, 0.5) is 5.69 Å². The topological polar surface area (TPSA) is 72.5 Å². The van der Waals surface area contributed by atoms with E-state index in [4.69, 9.17) is 22.1 Å². The van der Waals surface area contributed by atoms with E-state index in [-0.39, 0.29) is 5.57 Å². The number of nitrogens with zero attached hydrogens (tertiary/aromatic N) is 3. The molecule has 3 aromatic rings. The van der Waals surface area contributed by atoms with Gasteiger partial charge in [-0.05, 0) is 30.3 Å². The van der Waals surface area contributed by atoms with Crippen molar-refractivity contribution in [3.63, 3.8) is 0 Å². The quantitative estimate of drug-likeness (QED) is 0.620. The van der Waals surface area contributed by atoms with E-state index < -0.39 is 0 Å². The second-order valence-corrected chi connectivity index (χ2v) is 7.37. The number of halogens is 1. The summed E-state index contributed by atoms with van der Waals surface area (Å²) in [5.74, 6) is 0. The van der Waals surface area contributed by atoms with Gasteiger partial charge in [0.05, 0.1) is 15.9 Å². The van der Waals surface area contributed by atoms with E-state index in [9.17, 15) is 0 Å². The number of hydrogen-bond acceptors (Lipinski definition) is 6. The summed E-state index contributed by atoms with van der Waals surface area (Å²) < 4.78 is 2.03. The summed E-state index contributed by atoms with van der Waals surface area (Å²) in [6, 6.07) is 17.0. The van der Waals surface area contributed by atoms with E-state index in [1.54, 1.807) is 23.5 Å². The lowest BCUT2D eigenvalue weighted by atomic mass is 10.3. The Labute approximate surface area is 152 Å². The Hall–Kier alpha value is -2.51. The smallest absolute Gasteiger partial charge is 0.155 e. The second kappa shape index (κ2) is 7.37. The first-order valence-electron chi connectivity index (χ1n) is 6.79. The molecule has 24 heavy (non-hydrogen) atoms. The predicted molar refractivity (Wildman–Crippen MR) is 98.1 cm³/mol. The molecule has 0 saturated heterocycles. The van der Waals surface area contributed by atoms with E-state index in [0.29, 0.717) is 5.02 Å². The minimum Gasteiger partial charge on any atom is -0.359 e. The van der Waals surface area contributed by atoms with Gasteiger partial charge in [0, 0.05) is 16.1 Å². The van der Waals surface area contributed by atoms with Crippen molar-refractivity contribution in [1.82, 2.24) is 4.98 Å². The van der Waals surface area contributed by atoms with E-state index in [2.05, 4.69) is 10.3 Å². The van der Waals surface area contributed by atoms with Crippen LogP contribution in [0.2, 0.25) is 5.02 Å². The summed E-state index contributed by atoms with van der Waals surface area (Å²) in [7, 11) is 0. The Kier molecular flexibility index (Phi) is 5.02. The van der Waals surface area contributed by atoms with Crippen molar-refractivity contribution in [2.24, 2.45) is 0 Å². The molecular formula is C17H9ClN4S2. The molecule has 0 bridgehead atoms. The average molecular weight is 369 g/mol. The van der Waals surface area contributed by atoms with Gasteiger partial charge in [-0.15, -0.1) is 11.3 Å². The molecular weight excluding hydrogens is 360 g/mol. The Morgan fingerprint density at radius 1 is 1.21 bits per heavy atom. The number of hydrogen-bond donors (Lipinski definition) is 1. The number of nitriles is 2. The van der Waals surface area contributed by atoms with Crippen LogP contribution in [0.1, 0.15) is 0 Å². The highest BCUT2D eigenvalue weighted by atomic mass is 35.5. The van der Waals surface area contributed by atoms with Crippen LogP contribution in [0.25, 0.3) is 10.2 Å². The van der Waals surface area contributed by atoms with Gasteiger partial charge in [-0.2, -0.15) is 10.5 Å². The highest BCUT2D eigenvalue weighted by Gasteiger charge is 2.09. The highest BCUT2D eigenvalue weighted by molar-refractivity contribution is 8.01. The van der Waals surface area contributed by atoms with Crippen LogP contribution in [0, 0.1) is 22.7 Å². The minimum atomic E-state index is -0.00841. The van der Waals surface area contributed by atoms with Crippen molar-refractivity contribution in [2.75, 3.05) is 5.32 Å². The third-order valence-electron chi connectivity index (χ3n) is 3.03. The fraction of sp³-hybridized carbons (Fsp3) is 0. The van der Waals surface area contributed by atoms with Gasteiger partial charge in [-0.3, -0.25) is 0 Å². The first-order chi connectivity index (χ1) is 11.7. The zero-order valence-electron chi connectivity index (χ0n) is 12.2. The molecule has 0 fully saturated rings. The lowest BCUT2D eigenvalue weighted by Crippen LogP contribution is -1.92. The van der Waals surface area contributed by atoms with Gasteiger partial charge in [-0.1, -0.05) is 35.5 Å². The van der Waals surface area contributed by atoms with Gasteiger partial charge in [0.15, 0.2) is 4.34 Å². The van der Waals surface area contributed by atoms with Crippen molar-refractivity contribution >= 4 is 50.6 Å². The Morgan fingerprint density at radius 2 is 2.00 bits per heavy atom. The molecule has 1 N–H and O–H groups in total. The Morgan fingerprint density at radius 3 is 2.75 bits per heavy atom. The van der Waals surface area contributed by atoms with Gasteiger partial charge in [0.25, 0.3) is 0 Å². The van der Waals surface area contributed by atoms with Gasteiger partial charge < -0.3 is 5.32 Å². The number of thiazole rings is 1. The summed E-state index contributed by atoms with van der Waals surface area (Å²) in [6.07, 6.45) is 1.37. The van der Waals surface area contributed by atoms with Crippen LogP contribution in [0.3, 0.4) is 0 Å². The van der Waals surface area contributed by atoms with Crippen molar-refractivity contribution < 1.29 is 0 Å². The van der Waals surface area contributed by atoms with E-state index in [0.717, 1.165) is 25.1 Å². The maximum atomic E-state index is 8.82. The van der Waals surface area contributed by atoms with Gasteiger partial charge in [0.1, 0.15) is 17.7 Å². The number of aromatic nitrogens is 1. The molecule has 7 heteroatoms. The molecule has 0 amide bonds. The van der Waals surface area contributed by atoms with Crippen LogP contribution in [-0.2, 0) is 0 Å². The second-order valence-electron chi connectivity index (χ2n) is 4.62. The van der Waals surface area contributed by atoms with E-state index >= 15 is 0 Å². The zero-order valence-corrected chi connectivity index (χ0v) is 14.5. The molecule has 0 aliphatic carbocycles. The molecule has 0 aliphatic heterocycles. The molecule has 0 atom stereocenters. The van der Waals surface area contributed by atoms with Gasteiger partial charge in [-0.25, -0.2) is 4.98 Å². The minimum absolute atomic E-state index is 0.00841. The lowest BCUT2D eigenvalue weighted by molar-refractivity contribution is 1.29. The van der Waals surface area contributed by atoms with Crippen molar-refractivity contribution in [3.05, 3.63) is 59.3 Å². The third-order valence-corrected chi connectivity index (χ3v) is 5.43. The number of rotatable bonds is 4. The summed E-state index contributed by atoms with van der Waals surface area (Å²) in [5, 5.41) is 21.2. The monoisotopic (exact) mass is 368 g/mol. The maximum Gasteiger partial charge on any atom is 0.155 e. The SMILES string of the molecule is N#CC(C#N)=CNc1cc(Cl)ccc1Sc1nc2ccccc2s1. The van der Waals surface area contributed by atoms with Crippen LogP contribution >= 0.6 is 34.7 Å². The molecule has 0 unspecified atom stereocenters. The average Bonchev–Trinajstić information content (AvgIpc) is 3.00. The first kappa shape index (κ1) is 16.4. The maximum absolute atomic E-state index is 8.82. The van der Waals surface area contributed by atoms with Crippen LogP contribution in [-0.4, -0.2) is 4.98 Å². The largest absolute Gasteiger partial charge is 0.359 e. The van der Waals surface area contributed by atoms with Crippen molar-refractivity contribution in [3.8, 4) is 12.1 Å². The first-order valence-corrected chi connectivity index (χ1v) is 8.80. The highest BCUT2D eigenvalue weighted by Crippen LogP contribution is 2.38. The number of allylic oxidation sites excluding steroid dienone is 1. The molecule has 2 aromatic carbocycles. The summed E-state index contributed by atoms with van der Waals surface area (Å²) in [6.45, 7) is 0. The van der Waals surface area contributed by atoms with Crippen molar-refractivity contribution in [2.45, 2.75) is 9.24 Å². The zero-order chi connectivity index (χ0) is 16.9. The molecule has 0 saturated carbocycles. The van der Waals surface area contributed by atoms with Gasteiger partial charge >= 0.3 is 0 Å². The summed E-state index contributed by atoms with van der Waals surface area (Å²) in [5.41, 5.74) is 1.67. The number of benzene rings is 2. The Bertz CT molecular complexity index is 962. The lowest BCUT2D eigenvalue weighted by Gasteiger charge is -2.08. The molecule has 3 rings (SSSR count). The molecule has 0 aliphatic rings. The number of nitrogens with one attached hydrogen (secondary N) is 1. The molecule has 4 nitrogen and oxygen atoms in total. The normalized spacial score (nSPS) is 9.96. The summed E-state index contributed by atoms with van der Waals surface area (Å²) in [4.78, 5) is 5.51.